The van der Waals surface area contributed by atoms with Gasteiger partial charge in [0, 0.05) is 38.3 Å². The molecule has 0 spiro atoms. The van der Waals surface area contributed by atoms with Gasteiger partial charge in [0.05, 0.1) is 13.2 Å². The summed E-state index contributed by atoms with van der Waals surface area (Å²) in [4.78, 5) is 5.22. The second-order valence-electron chi connectivity index (χ2n) is 6.56. The molecule has 2 N–H and O–H groups in total. The van der Waals surface area contributed by atoms with Crippen molar-refractivity contribution in [2.75, 3.05) is 45.9 Å². The van der Waals surface area contributed by atoms with E-state index in [-0.39, 0.29) is 0 Å². The van der Waals surface area contributed by atoms with Crippen molar-refractivity contribution < 1.29 is 4.74 Å². The van der Waals surface area contributed by atoms with Gasteiger partial charge in [-0.15, -0.1) is 0 Å². The van der Waals surface area contributed by atoms with Gasteiger partial charge in [0.15, 0.2) is 0 Å². The monoisotopic (exact) mass is 267 g/mol. The highest BCUT2D eigenvalue weighted by atomic mass is 16.5. The van der Waals surface area contributed by atoms with Gasteiger partial charge in [-0.05, 0) is 31.7 Å². The van der Waals surface area contributed by atoms with Gasteiger partial charge in [-0.3, -0.25) is 4.90 Å². The fraction of sp³-hybridized carbons (Fsp3) is 1.00. The van der Waals surface area contributed by atoms with Gasteiger partial charge in [0.25, 0.3) is 0 Å². The summed E-state index contributed by atoms with van der Waals surface area (Å²) in [6.45, 7) is 7.64. The van der Waals surface area contributed by atoms with E-state index in [0.717, 1.165) is 44.8 Å². The minimum Gasteiger partial charge on any atom is -0.379 e. The van der Waals surface area contributed by atoms with Crippen LogP contribution in [-0.2, 0) is 4.74 Å². The quantitative estimate of drug-likeness (QED) is 0.822. The molecule has 2 atom stereocenters. The van der Waals surface area contributed by atoms with Crippen molar-refractivity contribution in [1.82, 2.24) is 9.80 Å². The van der Waals surface area contributed by atoms with Crippen LogP contribution in [0.2, 0.25) is 0 Å². The molecule has 0 aromatic rings. The van der Waals surface area contributed by atoms with Crippen LogP contribution >= 0.6 is 0 Å². The van der Waals surface area contributed by atoms with E-state index in [2.05, 4.69) is 9.80 Å². The summed E-state index contributed by atoms with van der Waals surface area (Å²) in [5.74, 6) is 0.794. The van der Waals surface area contributed by atoms with Crippen LogP contribution < -0.4 is 5.73 Å². The van der Waals surface area contributed by atoms with E-state index in [1.807, 2.05) is 0 Å². The molecule has 3 fully saturated rings. The molecule has 4 heteroatoms. The molecule has 2 aliphatic heterocycles. The lowest BCUT2D eigenvalue weighted by molar-refractivity contribution is 0.0183. The van der Waals surface area contributed by atoms with Gasteiger partial charge in [-0.2, -0.15) is 0 Å². The number of likely N-dealkylation sites (tertiary alicyclic amines) is 1. The first-order valence-electron chi connectivity index (χ1n) is 8.12. The summed E-state index contributed by atoms with van der Waals surface area (Å²) in [7, 11) is 0. The molecule has 1 aliphatic carbocycles. The Bertz CT molecular complexity index is 275. The summed E-state index contributed by atoms with van der Waals surface area (Å²) in [5.41, 5.74) is 6.41. The highest BCUT2D eigenvalue weighted by Gasteiger charge is 2.31. The SMILES string of the molecule is NC(CN1CCC(N2CCOCC2)C1)C1CCCC1. The first-order chi connectivity index (χ1) is 9.33. The van der Waals surface area contributed by atoms with Crippen molar-refractivity contribution in [2.45, 2.75) is 44.2 Å². The fourth-order valence-electron chi connectivity index (χ4n) is 4.05. The zero-order valence-electron chi connectivity index (χ0n) is 12.1. The van der Waals surface area contributed by atoms with E-state index < -0.39 is 0 Å². The second kappa shape index (κ2) is 6.53. The Hall–Kier alpha value is -0.160. The molecule has 4 nitrogen and oxygen atoms in total. The molecule has 1 saturated carbocycles. The lowest BCUT2D eigenvalue weighted by Gasteiger charge is -2.32. The Labute approximate surface area is 117 Å². The lowest BCUT2D eigenvalue weighted by atomic mass is 9.99. The van der Waals surface area contributed by atoms with Crippen LogP contribution in [0, 0.1) is 5.92 Å². The van der Waals surface area contributed by atoms with Crippen LogP contribution in [-0.4, -0.2) is 67.8 Å². The standard InChI is InChI=1S/C15H29N3O/c16-15(13-3-1-2-4-13)12-17-6-5-14(11-17)18-7-9-19-10-8-18/h13-15H,1-12,16H2. The molecular formula is C15H29N3O. The van der Waals surface area contributed by atoms with Gasteiger partial charge in [0.1, 0.15) is 0 Å². The molecule has 2 unspecified atom stereocenters. The maximum Gasteiger partial charge on any atom is 0.0594 e. The van der Waals surface area contributed by atoms with E-state index in [1.165, 1.54) is 45.2 Å². The maximum atomic E-state index is 6.41. The van der Waals surface area contributed by atoms with E-state index in [0.29, 0.717) is 6.04 Å². The number of hydrogen-bond donors (Lipinski definition) is 1. The first-order valence-corrected chi connectivity index (χ1v) is 8.12. The number of nitrogens with two attached hydrogens (primary N) is 1. The zero-order chi connectivity index (χ0) is 13.1. The number of nitrogens with zero attached hydrogens (tertiary/aromatic N) is 2. The van der Waals surface area contributed by atoms with Crippen LogP contribution in [0.3, 0.4) is 0 Å². The molecule has 2 heterocycles. The molecule has 0 aromatic heterocycles. The van der Waals surface area contributed by atoms with Crippen molar-refractivity contribution in [3.63, 3.8) is 0 Å². The normalized spacial score (nSPS) is 33.0. The molecule has 0 bridgehead atoms. The van der Waals surface area contributed by atoms with Crippen molar-refractivity contribution >= 4 is 0 Å². The van der Waals surface area contributed by atoms with Crippen LogP contribution in [0.15, 0.2) is 0 Å². The Morgan fingerprint density at radius 1 is 1.05 bits per heavy atom. The summed E-state index contributed by atoms with van der Waals surface area (Å²) < 4.78 is 5.44. The zero-order valence-corrected chi connectivity index (χ0v) is 12.1. The van der Waals surface area contributed by atoms with Crippen molar-refractivity contribution in [3.05, 3.63) is 0 Å². The Kier molecular flexibility index (Phi) is 4.74. The molecule has 2 saturated heterocycles. The number of hydrogen-bond acceptors (Lipinski definition) is 4. The third-order valence-corrected chi connectivity index (χ3v) is 5.28. The summed E-state index contributed by atoms with van der Waals surface area (Å²) in [6.07, 6.45) is 6.84. The molecule has 0 radical (unpaired) electrons. The second-order valence-corrected chi connectivity index (χ2v) is 6.56. The van der Waals surface area contributed by atoms with E-state index in [4.69, 9.17) is 10.5 Å². The third kappa shape index (κ3) is 3.48. The number of morpholine rings is 1. The fourth-order valence-corrected chi connectivity index (χ4v) is 4.05. The van der Waals surface area contributed by atoms with E-state index in [1.54, 1.807) is 0 Å². The molecule has 3 rings (SSSR count). The predicted octanol–water partition coefficient (Wildman–Crippen LogP) is 0.910. The topological polar surface area (TPSA) is 41.7 Å². The van der Waals surface area contributed by atoms with Gasteiger partial charge < -0.3 is 15.4 Å². The van der Waals surface area contributed by atoms with Crippen LogP contribution in [0.5, 0.6) is 0 Å². The van der Waals surface area contributed by atoms with E-state index in [9.17, 15) is 0 Å². The Morgan fingerprint density at radius 2 is 1.79 bits per heavy atom. The summed E-state index contributed by atoms with van der Waals surface area (Å²) >= 11 is 0. The minimum atomic E-state index is 0.408. The highest BCUT2D eigenvalue weighted by Crippen LogP contribution is 2.28. The Balaban J connectivity index is 1.43. The van der Waals surface area contributed by atoms with Crippen LogP contribution in [0.1, 0.15) is 32.1 Å². The molecular weight excluding hydrogens is 238 g/mol. The molecule has 3 aliphatic rings. The van der Waals surface area contributed by atoms with Crippen molar-refractivity contribution in [2.24, 2.45) is 11.7 Å². The van der Waals surface area contributed by atoms with E-state index >= 15 is 0 Å². The lowest BCUT2D eigenvalue weighted by Crippen LogP contribution is -2.46. The molecule has 110 valence electrons. The van der Waals surface area contributed by atoms with Gasteiger partial charge in [-0.25, -0.2) is 0 Å². The number of rotatable bonds is 4. The molecule has 0 amide bonds. The third-order valence-electron chi connectivity index (χ3n) is 5.28. The van der Waals surface area contributed by atoms with Crippen LogP contribution in [0.25, 0.3) is 0 Å². The molecule has 19 heavy (non-hydrogen) atoms. The summed E-state index contributed by atoms with van der Waals surface area (Å²) in [6, 6.07) is 1.16. The largest absolute Gasteiger partial charge is 0.379 e. The maximum absolute atomic E-state index is 6.41. The number of ether oxygens (including phenoxy) is 1. The summed E-state index contributed by atoms with van der Waals surface area (Å²) in [5, 5.41) is 0. The van der Waals surface area contributed by atoms with Gasteiger partial charge >= 0.3 is 0 Å². The van der Waals surface area contributed by atoms with Crippen LogP contribution in [0.4, 0.5) is 0 Å². The molecule has 0 aromatic carbocycles. The highest BCUT2D eigenvalue weighted by molar-refractivity contribution is 4.88. The van der Waals surface area contributed by atoms with Crippen molar-refractivity contribution in [1.29, 1.82) is 0 Å². The minimum absolute atomic E-state index is 0.408. The first kappa shape index (κ1) is 13.8. The average molecular weight is 267 g/mol. The smallest absolute Gasteiger partial charge is 0.0594 e. The van der Waals surface area contributed by atoms with Gasteiger partial charge in [-0.1, -0.05) is 12.8 Å². The predicted molar refractivity (Wildman–Crippen MR) is 77.2 cm³/mol. The average Bonchev–Trinajstić information content (AvgIpc) is 3.11. The van der Waals surface area contributed by atoms with Gasteiger partial charge in [0.2, 0.25) is 0 Å². The van der Waals surface area contributed by atoms with Crippen molar-refractivity contribution in [3.8, 4) is 0 Å². The Morgan fingerprint density at radius 3 is 2.53 bits per heavy atom.